The number of hydrogen-bond acceptors (Lipinski definition) is 4. The molecule has 0 bridgehead atoms. The van der Waals surface area contributed by atoms with E-state index in [2.05, 4.69) is 10.3 Å². The fraction of sp³-hybridized carbons (Fsp3) is 0.429. The first-order valence-corrected chi connectivity index (χ1v) is 11.2. The normalized spacial score (nSPS) is 17.9. The number of rotatable bonds is 8. The van der Waals surface area contributed by atoms with Crippen molar-refractivity contribution in [2.24, 2.45) is 5.92 Å². The van der Waals surface area contributed by atoms with Crippen LogP contribution >= 0.6 is 0 Å². The van der Waals surface area contributed by atoms with Gasteiger partial charge in [-0.1, -0.05) is 18.2 Å². The second kappa shape index (κ2) is 9.80. The molecule has 1 aromatic heterocycles. The molecule has 0 spiro atoms. The van der Waals surface area contributed by atoms with Crippen molar-refractivity contribution in [1.82, 2.24) is 14.6 Å². The third kappa shape index (κ3) is 5.62. The van der Waals surface area contributed by atoms with Crippen molar-refractivity contribution < 1.29 is 13.2 Å². The number of carbonyl (C=O) groups excluding carboxylic acids is 1. The molecule has 150 valence electrons. The number of benzene rings is 1. The molecule has 2 aromatic rings. The van der Waals surface area contributed by atoms with E-state index in [1.807, 2.05) is 18.2 Å². The smallest absolute Gasteiger partial charge is 0.243 e. The van der Waals surface area contributed by atoms with Gasteiger partial charge in [-0.2, -0.15) is 4.31 Å². The van der Waals surface area contributed by atoms with Gasteiger partial charge < -0.3 is 5.32 Å². The van der Waals surface area contributed by atoms with Crippen molar-refractivity contribution in [3.05, 3.63) is 60.4 Å². The first-order chi connectivity index (χ1) is 13.6. The standard InChI is InChI=1S/C21H27N3O3S/c25-21(23-15-12-18-10-13-22-14-11-18)9-8-19-5-4-16-24(17-19)28(26,27)20-6-2-1-3-7-20/h1-3,6-7,10-11,13-14,19H,4-5,8-9,12,15-17H2,(H,23,25). The highest BCUT2D eigenvalue weighted by atomic mass is 32.2. The molecule has 1 N–H and O–H groups in total. The highest BCUT2D eigenvalue weighted by Gasteiger charge is 2.30. The first-order valence-electron chi connectivity index (χ1n) is 9.76. The summed E-state index contributed by atoms with van der Waals surface area (Å²) in [6, 6.07) is 12.4. The Labute approximate surface area is 167 Å². The van der Waals surface area contributed by atoms with Crippen LogP contribution in [0.15, 0.2) is 59.8 Å². The van der Waals surface area contributed by atoms with Gasteiger partial charge in [-0.15, -0.1) is 0 Å². The number of piperidine rings is 1. The Morgan fingerprint density at radius 3 is 2.64 bits per heavy atom. The monoisotopic (exact) mass is 401 g/mol. The molecule has 1 aromatic carbocycles. The fourth-order valence-corrected chi connectivity index (χ4v) is 5.12. The minimum absolute atomic E-state index is 0.0251. The molecule has 2 heterocycles. The molecule has 1 unspecified atom stereocenters. The van der Waals surface area contributed by atoms with Gasteiger partial charge in [0.05, 0.1) is 4.90 Å². The summed E-state index contributed by atoms with van der Waals surface area (Å²) in [5, 5.41) is 2.95. The van der Waals surface area contributed by atoms with Gasteiger partial charge in [-0.3, -0.25) is 9.78 Å². The summed E-state index contributed by atoms with van der Waals surface area (Å²) in [6.45, 7) is 1.63. The van der Waals surface area contributed by atoms with E-state index in [0.717, 1.165) is 24.8 Å². The zero-order valence-corrected chi connectivity index (χ0v) is 16.8. The second-order valence-electron chi connectivity index (χ2n) is 7.18. The topological polar surface area (TPSA) is 79.4 Å². The molecule has 0 aliphatic carbocycles. The predicted molar refractivity (Wildman–Crippen MR) is 108 cm³/mol. The largest absolute Gasteiger partial charge is 0.356 e. The zero-order chi connectivity index (χ0) is 19.8. The molecule has 1 atom stereocenters. The third-order valence-corrected chi connectivity index (χ3v) is 7.01. The minimum atomic E-state index is -3.45. The average molecular weight is 402 g/mol. The summed E-state index contributed by atoms with van der Waals surface area (Å²) in [5.41, 5.74) is 1.14. The molecular weight excluding hydrogens is 374 g/mol. The number of carbonyl (C=O) groups is 1. The Balaban J connectivity index is 1.44. The fourth-order valence-electron chi connectivity index (χ4n) is 3.54. The molecular formula is C21H27N3O3S. The molecule has 6 nitrogen and oxygen atoms in total. The molecule has 1 aliphatic rings. The molecule has 1 amide bonds. The van der Waals surface area contributed by atoms with Gasteiger partial charge in [0.25, 0.3) is 0 Å². The summed E-state index contributed by atoms with van der Waals surface area (Å²) in [6.07, 6.45) is 7.21. The van der Waals surface area contributed by atoms with Gasteiger partial charge in [0.15, 0.2) is 0 Å². The van der Waals surface area contributed by atoms with Gasteiger partial charge >= 0.3 is 0 Å². The second-order valence-corrected chi connectivity index (χ2v) is 9.12. The minimum Gasteiger partial charge on any atom is -0.356 e. The van der Waals surface area contributed by atoms with Gasteiger partial charge in [-0.05, 0) is 61.4 Å². The quantitative estimate of drug-likeness (QED) is 0.737. The lowest BCUT2D eigenvalue weighted by Crippen LogP contribution is -2.40. The molecule has 7 heteroatoms. The van der Waals surface area contributed by atoms with Crippen molar-refractivity contribution >= 4 is 15.9 Å². The number of aromatic nitrogens is 1. The number of nitrogens with zero attached hydrogens (tertiary/aromatic N) is 2. The van der Waals surface area contributed by atoms with Crippen LogP contribution in [0.25, 0.3) is 0 Å². The van der Waals surface area contributed by atoms with E-state index in [1.54, 1.807) is 41.0 Å². The summed E-state index contributed by atoms with van der Waals surface area (Å²) >= 11 is 0. The van der Waals surface area contributed by atoms with Crippen LogP contribution in [-0.4, -0.2) is 43.2 Å². The maximum Gasteiger partial charge on any atom is 0.243 e. The van der Waals surface area contributed by atoms with Crippen LogP contribution < -0.4 is 5.32 Å². The lowest BCUT2D eigenvalue weighted by molar-refractivity contribution is -0.121. The SMILES string of the molecule is O=C(CCC1CCCN(S(=O)(=O)c2ccccc2)C1)NCCc1ccncc1. The maximum absolute atomic E-state index is 12.8. The summed E-state index contributed by atoms with van der Waals surface area (Å²) in [5.74, 6) is 0.246. The summed E-state index contributed by atoms with van der Waals surface area (Å²) in [4.78, 5) is 16.4. The van der Waals surface area contributed by atoms with E-state index in [0.29, 0.717) is 37.4 Å². The van der Waals surface area contributed by atoms with Crippen LogP contribution in [0.5, 0.6) is 0 Å². The average Bonchev–Trinajstić information content (AvgIpc) is 2.74. The molecule has 1 aliphatic heterocycles. The Hall–Kier alpha value is -2.25. The Bertz CT molecular complexity index is 857. The van der Waals surface area contributed by atoms with Gasteiger partial charge in [0, 0.05) is 38.4 Å². The Morgan fingerprint density at radius 1 is 1.14 bits per heavy atom. The van der Waals surface area contributed by atoms with E-state index >= 15 is 0 Å². The number of nitrogens with one attached hydrogen (secondary N) is 1. The predicted octanol–water partition coefficient (Wildman–Crippen LogP) is 2.62. The molecule has 1 fully saturated rings. The Kier molecular flexibility index (Phi) is 7.17. The lowest BCUT2D eigenvalue weighted by atomic mass is 9.94. The van der Waals surface area contributed by atoms with E-state index < -0.39 is 10.0 Å². The van der Waals surface area contributed by atoms with Crippen LogP contribution in [0.4, 0.5) is 0 Å². The molecule has 28 heavy (non-hydrogen) atoms. The number of amides is 1. The van der Waals surface area contributed by atoms with Gasteiger partial charge in [0.2, 0.25) is 15.9 Å². The molecule has 0 radical (unpaired) electrons. The van der Waals surface area contributed by atoms with Crippen LogP contribution in [-0.2, 0) is 21.2 Å². The van der Waals surface area contributed by atoms with Gasteiger partial charge in [0.1, 0.15) is 0 Å². The van der Waals surface area contributed by atoms with Crippen LogP contribution in [0.2, 0.25) is 0 Å². The van der Waals surface area contributed by atoms with E-state index in [1.165, 1.54) is 0 Å². The molecule has 3 rings (SSSR count). The van der Waals surface area contributed by atoms with Crippen LogP contribution in [0.1, 0.15) is 31.2 Å². The van der Waals surface area contributed by atoms with Crippen molar-refractivity contribution in [1.29, 1.82) is 0 Å². The molecule has 0 saturated carbocycles. The van der Waals surface area contributed by atoms with E-state index in [9.17, 15) is 13.2 Å². The molecule has 1 saturated heterocycles. The van der Waals surface area contributed by atoms with Crippen molar-refractivity contribution in [3.8, 4) is 0 Å². The van der Waals surface area contributed by atoms with Crippen LogP contribution in [0, 0.1) is 5.92 Å². The number of hydrogen-bond donors (Lipinski definition) is 1. The van der Waals surface area contributed by atoms with E-state index in [-0.39, 0.29) is 11.8 Å². The number of pyridine rings is 1. The van der Waals surface area contributed by atoms with Crippen molar-refractivity contribution in [3.63, 3.8) is 0 Å². The highest BCUT2D eigenvalue weighted by molar-refractivity contribution is 7.89. The van der Waals surface area contributed by atoms with Gasteiger partial charge in [-0.25, -0.2) is 8.42 Å². The highest BCUT2D eigenvalue weighted by Crippen LogP contribution is 2.26. The lowest BCUT2D eigenvalue weighted by Gasteiger charge is -2.31. The Morgan fingerprint density at radius 2 is 1.89 bits per heavy atom. The van der Waals surface area contributed by atoms with Crippen molar-refractivity contribution in [2.45, 2.75) is 37.0 Å². The summed E-state index contributed by atoms with van der Waals surface area (Å²) in [7, 11) is -3.45. The third-order valence-electron chi connectivity index (χ3n) is 5.13. The van der Waals surface area contributed by atoms with E-state index in [4.69, 9.17) is 0 Å². The first kappa shape index (κ1) is 20.5. The summed E-state index contributed by atoms with van der Waals surface area (Å²) < 4.78 is 27.1. The zero-order valence-electron chi connectivity index (χ0n) is 16.0. The number of sulfonamides is 1. The van der Waals surface area contributed by atoms with Crippen LogP contribution in [0.3, 0.4) is 0 Å². The maximum atomic E-state index is 12.8. The van der Waals surface area contributed by atoms with Crippen molar-refractivity contribution in [2.75, 3.05) is 19.6 Å².